The number of nitrogens with one attached hydrogen (secondary N) is 1. The fourth-order valence-corrected chi connectivity index (χ4v) is 5.18. The molecule has 1 fully saturated rings. The van der Waals surface area contributed by atoms with E-state index in [4.69, 9.17) is 11.6 Å². The van der Waals surface area contributed by atoms with Crippen molar-refractivity contribution in [3.05, 3.63) is 69.6 Å². The van der Waals surface area contributed by atoms with Gasteiger partial charge in [-0.25, -0.2) is 0 Å². The van der Waals surface area contributed by atoms with Crippen LogP contribution in [0.1, 0.15) is 33.6 Å². The van der Waals surface area contributed by atoms with Gasteiger partial charge in [-0.05, 0) is 49.2 Å². The molecule has 2 heterocycles. The molecule has 31 heavy (non-hydrogen) atoms. The summed E-state index contributed by atoms with van der Waals surface area (Å²) in [5, 5.41) is 12.8. The molecule has 1 saturated heterocycles. The number of rotatable bonds is 6. The van der Waals surface area contributed by atoms with Crippen molar-refractivity contribution in [3.63, 3.8) is 0 Å². The number of nitrogens with zero attached hydrogens (tertiary/aromatic N) is 3. The van der Waals surface area contributed by atoms with Gasteiger partial charge in [-0.15, -0.1) is 22.0 Å². The molecule has 160 valence electrons. The molecule has 1 N–H and O–H groups in total. The number of thioether (sulfide) groups is 1. The van der Waals surface area contributed by atoms with E-state index in [-0.39, 0.29) is 17.7 Å². The molecular weight excluding hydrogens is 452 g/mol. The van der Waals surface area contributed by atoms with E-state index in [0.717, 1.165) is 29.3 Å². The first-order valence-electron chi connectivity index (χ1n) is 9.94. The SMILES string of the molecule is O=C(Nc1ccc(Cl)cc1)c1nnc([C@@H]2CCCN(C(=O)CSc3ccccc3)C2)s1. The van der Waals surface area contributed by atoms with E-state index in [1.807, 2.05) is 35.2 Å². The second-order valence-electron chi connectivity index (χ2n) is 7.19. The van der Waals surface area contributed by atoms with Gasteiger partial charge in [-0.1, -0.05) is 41.1 Å². The quantitative estimate of drug-likeness (QED) is 0.514. The average molecular weight is 473 g/mol. The molecule has 0 spiro atoms. The van der Waals surface area contributed by atoms with Gasteiger partial charge in [-0.3, -0.25) is 9.59 Å². The van der Waals surface area contributed by atoms with Crippen molar-refractivity contribution in [2.75, 3.05) is 24.2 Å². The van der Waals surface area contributed by atoms with Crippen LogP contribution in [0.5, 0.6) is 0 Å². The molecule has 3 aromatic rings. The Morgan fingerprint density at radius 3 is 2.68 bits per heavy atom. The van der Waals surface area contributed by atoms with Crippen LogP contribution in [0.25, 0.3) is 0 Å². The first-order chi connectivity index (χ1) is 15.1. The number of carbonyl (C=O) groups excluding carboxylic acids is 2. The van der Waals surface area contributed by atoms with Crippen molar-refractivity contribution in [3.8, 4) is 0 Å². The molecule has 1 aliphatic heterocycles. The number of piperidine rings is 1. The highest BCUT2D eigenvalue weighted by molar-refractivity contribution is 8.00. The third kappa shape index (κ3) is 5.84. The van der Waals surface area contributed by atoms with Crippen molar-refractivity contribution in [1.29, 1.82) is 0 Å². The van der Waals surface area contributed by atoms with Crippen LogP contribution in [0, 0.1) is 0 Å². The second-order valence-corrected chi connectivity index (χ2v) is 9.68. The number of hydrogen-bond acceptors (Lipinski definition) is 6. The number of carbonyl (C=O) groups is 2. The summed E-state index contributed by atoms with van der Waals surface area (Å²) < 4.78 is 0. The number of likely N-dealkylation sites (tertiary alicyclic amines) is 1. The highest BCUT2D eigenvalue weighted by atomic mass is 35.5. The van der Waals surface area contributed by atoms with Crippen LogP contribution < -0.4 is 5.32 Å². The van der Waals surface area contributed by atoms with Gasteiger partial charge in [0.05, 0.1) is 5.75 Å². The van der Waals surface area contributed by atoms with Crippen LogP contribution in [-0.4, -0.2) is 45.8 Å². The largest absolute Gasteiger partial charge is 0.341 e. The summed E-state index contributed by atoms with van der Waals surface area (Å²) in [5.41, 5.74) is 0.650. The minimum atomic E-state index is -0.297. The van der Waals surface area contributed by atoms with Crippen LogP contribution in [0.2, 0.25) is 5.02 Å². The fraction of sp³-hybridized carbons (Fsp3) is 0.273. The fourth-order valence-electron chi connectivity index (χ4n) is 3.37. The predicted octanol–water partition coefficient (Wildman–Crippen LogP) is 4.94. The van der Waals surface area contributed by atoms with E-state index in [2.05, 4.69) is 15.5 Å². The van der Waals surface area contributed by atoms with Crippen molar-refractivity contribution < 1.29 is 9.59 Å². The normalized spacial score (nSPS) is 16.2. The highest BCUT2D eigenvalue weighted by Crippen LogP contribution is 2.30. The molecule has 0 bridgehead atoms. The Morgan fingerprint density at radius 1 is 1.13 bits per heavy atom. The maximum atomic E-state index is 12.7. The monoisotopic (exact) mass is 472 g/mol. The molecule has 1 aliphatic rings. The van der Waals surface area contributed by atoms with Gasteiger partial charge >= 0.3 is 0 Å². The summed E-state index contributed by atoms with van der Waals surface area (Å²) in [5.74, 6) is 0.355. The van der Waals surface area contributed by atoms with Gasteiger partial charge in [0.15, 0.2) is 0 Å². The van der Waals surface area contributed by atoms with Gasteiger partial charge in [0.25, 0.3) is 5.91 Å². The molecule has 2 amide bonds. The van der Waals surface area contributed by atoms with E-state index in [1.165, 1.54) is 11.3 Å². The molecule has 1 atom stereocenters. The van der Waals surface area contributed by atoms with Crippen LogP contribution >= 0.6 is 34.7 Å². The number of aromatic nitrogens is 2. The van der Waals surface area contributed by atoms with Gasteiger partial charge < -0.3 is 10.2 Å². The first kappa shape index (κ1) is 21.8. The zero-order valence-electron chi connectivity index (χ0n) is 16.7. The number of halogens is 1. The Hall–Kier alpha value is -2.42. The van der Waals surface area contributed by atoms with E-state index < -0.39 is 0 Å². The molecule has 9 heteroatoms. The molecule has 0 unspecified atom stereocenters. The third-order valence-electron chi connectivity index (χ3n) is 4.97. The van der Waals surface area contributed by atoms with E-state index in [1.54, 1.807) is 36.0 Å². The van der Waals surface area contributed by atoms with E-state index in [0.29, 0.717) is 28.0 Å². The van der Waals surface area contributed by atoms with Gasteiger partial charge in [0.2, 0.25) is 10.9 Å². The summed E-state index contributed by atoms with van der Waals surface area (Å²) in [6.45, 7) is 1.37. The molecule has 0 aliphatic carbocycles. The summed E-state index contributed by atoms with van der Waals surface area (Å²) in [6, 6.07) is 16.8. The highest BCUT2D eigenvalue weighted by Gasteiger charge is 2.28. The number of amides is 2. The molecule has 2 aromatic carbocycles. The van der Waals surface area contributed by atoms with Crippen LogP contribution in [-0.2, 0) is 4.79 Å². The van der Waals surface area contributed by atoms with E-state index in [9.17, 15) is 9.59 Å². The zero-order chi connectivity index (χ0) is 21.6. The molecular formula is C22H21ClN4O2S2. The predicted molar refractivity (Wildman–Crippen MR) is 125 cm³/mol. The van der Waals surface area contributed by atoms with Crippen molar-refractivity contribution in [2.24, 2.45) is 0 Å². The Balaban J connectivity index is 1.34. The Kier molecular flexibility index (Phi) is 7.21. The molecule has 4 rings (SSSR count). The third-order valence-corrected chi connectivity index (χ3v) is 7.30. The molecule has 6 nitrogen and oxygen atoms in total. The lowest BCUT2D eigenvalue weighted by atomic mass is 9.99. The molecule has 0 radical (unpaired) electrons. The lowest BCUT2D eigenvalue weighted by Crippen LogP contribution is -2.40. The van der Waals surface area contributed by atoms with Crippen LogP contribution in [0.4, 0.5) is 5.69 Å². The Labute approximate surface area is 194 Å². The van der Waals surface area contributed by atoms with Crippen LogP contribution in [0.15, 0.2) is 59.5 Å². The summed E-state index contributed by atoms with van der Waals surface area (Å²) >= 11 is 8.72. The first-order valence-corrected chi connectivity index (χ1v) is 12.1. The maximum absolute atomic E-state index is 12.7. The van der Waals surface area contributed by atoms with Gasteiger partial charge in [0, 0.05) is 34.6 Å². The van der Waals surface area contributed by atoms with Crippen molar-refractivity contribution >= 4 is 52.2 Å². The zero-order valence-corrected chi connectivity index (χ0v) is 19.1. The van der Waals surface area contributed by atoms with Crippen molar-refractivity contribution in [1.82, 2.24) is 15.1 Å². The second kappa shape index (κ2) is 10.3. The smallest absolute Gasteiger partial charge is 0.286 e. The van der Waals surface area contributed by atoms with Crippen LogP contribution in [0.3, 0.4) is 0 Å². The van der Waals surface area contributed by atoms with Crippen molar-refractivity contribution in [2.45, 2.75) is 23.7 Å². The average Bonchev–Trinajstić information content (AvgIpc) is 3.30. The lowest BCUT2D eigenvalue weighted by molar-refractivity contribution is -0.129. The molecule has 0 saturated carbocycles. The minimum absolute atomic E-state index is 0.106. The molecule has 1 aromatic heterocycles. The number of anilines is 1. The summed E-state index contributed by atoms with van der Waals surface area (Å²) in [6.07, 6.45) is 1.85. The Morgan fingerprint density at radius 2 is 1.90 bits per heavy atom. The standard InChI is InChI=1S/C22H21ClN4O2S2/c23-16-8-10-17(11-9-16)24-20(29)22-26-25-21(31-22)15-5-4-12-27(13-15)19(28)14-30-18-6-2-1-3-7-18/h1-3,6-11,15H,4-5,12-14H2,(H,24,29)/t15-/m1/s1. The number of benzene rings is 2. The summed E-state index contributed by atoms with van der Waals surface area (Å²) in [4.78, 5) is 28.2. The summed E-state index contributed by atoms with van der Waals surface area (Å²) in [7, 11) is 0. The van der Waals surface area contributed by atoms with E-state index >= 15 is 0 Å². The maximum Gasteiger partial charge on any atom is 0.286 e. The van der Waals surface area contributed by atoms with Gasteiger partial charge in [-0.2, -0.15) is 0 Å². The minimum Gasteiger partial charge on any atom is -0.341 e. The Bertz CT molecular complexity index is 1040. The topological polar surface area (TPSA) is 75.2 Å². The lowest BCUT2D eigenvalue weighted by Gasteiger charge is -2.31. The number of hydrogen-bond donors (Lipinski definition) is 1. The van der Waals surface area contributed by atoms with Gasteiger partial charge in [0.1, 0.15) is 5.01 Å².